The summed E-state index contributed by atoms with van der Waals surface area (Å²) in [6.45, 7) is 0. The molecule has 1 aromatic carbocycles. The molecule has 3 aromatic rings. The lowest BCUT2D eigenvalue weighted by atomic mass is 10.1. The smallest absolute Gasteiger partial charge is 0.131 e. The average Bonchev–Trinajstić information content (AvgIpc) is 2.84. The summed E-state index contributed by atoms with van der Waals surface area (Å²) in [5, 5.41) is 5.09. The number of fused-ring (bicyclic) bond motifs is 1. The third-order valence-electron chi connectivity index (χ3n) is 2.83. The van der Waals surface area contributed by atoms with E-state index < -0.39 is 0 Å². The highest BCUT2D eigenvalue weighted by Crippen LogP contribution is 2.23. The van der Waals surface area contributed by atoms with Gasteiger partial charge in [-0.25, -0.2) is 4.52 Å². The van der Waals surface area contributed by atoms with Crippen molar-refractivity contribution in [3.05, 3.63) is 53.7 Å². The molecule has 0 radical (unpaired) electrons. The minimum absolute atomic E-state index is 0.604. The zero-order valence-electron chi connectivity index (χ0n) is 9.80. The van der Waals surface area contributed by atoms with Crippen LogP contribution in [0.5, 0.6) is 5.75 Å². The summed E-state index contributed by atoms with van der Waals surface area (Å²) >= 11 is 6.09. The second-order valence-electron chi connectivity index (χ2n) is 3.94. The van der Waals surface area contributed by atoms with Gasteiger partial charge in [0.1, 0.15) is 10.9 Å². The molecule has 0 spiro atoms. The van der Waals surface area contributed by atoms with Crippen molar-refractivity contribution >= 4 is 17.1 Å². The zero-order chi connectivity index (χ0) is 12.5. The molecule has 0 bridgehead atoms. The molecular formula is C14H11ClN2O. The number of methoxy groups -OCH3 is 1. The molecule has 18 heavy (non-hydrogen) atoms. The Morgan fingerprint density at radius 1 is 1.11 bits per heavy atom. The molecule has 0 N–H and O–H groups in total. The summed E-state index contributed by atoms with van der Waals surface area (Å²) in [6, 6.07) is 15.5. The highest BCUT2D eigenvalue weighted by atomic mass is 35.5. The minimum atomic E-state index is 0.604. The van der Waals surface area contributed by atoms with Gasteiger partial charge in [0.25, 0.3) is 0 Å². The molecule has 0 aliphatic carbocycles. The first-order valence-corrected chi connectivity index (χ1v) is 5.94. The van der Waals surface area contributed by atoms with Crippen LogP contribution < -0.4 is 4.74 Å². The van der Waals surface area contributed by atoms with E-state index in [-0.39, 0.29) is 0 Å². The van der Waals surface area contributed by atoms with E-state index in [1.165, 1.54) is 0 Å². The highest BCUT2D eigenvalue weighted by Gasteiger charge is 2.06. The number of aromatic nitrogens is 2. The van der Waals surface area contributed by atoms with Crippen LogP contribution in [0.4, 0.5) is 0 Å². The Balaban J connectivity index is 2.10. The fourth-order valence-electron chi connectivity index (χ4n) is 1.88. The molecule has 2 heterocycles. The lowest BCUT2D eigenvalue weighted by molar-refractivity contribution is 0.415. The molecule has 0 aliphatic rings. The molecule has 0 amide bonds. The molecule has 0 saturated carbocycles. The van der Waals surface area contributed by atoms with Crippen molar-refractivity contribution in [2.45, 2.75) is 0 Å². The monoisotopic (exact) mass is 258 g/mol. The summed E-state index contributed by atoms with van der Waals surface area (Å²) < 4.78 is 6.86. The Bertz CT molecular complexity index is 689. The standard InChI is InChI=1S/C14H11ClN2O/c1-18-12-7-5-10(6-8-12)13-9-11-3-2-4-14(15)17(11)16-13/h2-9H,1H3. The van der Waals surface area contributed by atoms with E-state index in [1.807, 2.05) is 48.5 Å². The van der Waals surface area contributed by atoms with E-state index in [9.17, 15) is 0 Å². The van der Waals surface area contributed by atoms with Gasteiger partial charge in [0.15, 0.2) is 0 Å². The van der Waals surface area contributed by atoms with Gasteiger partial charge in [0, 0.05) is 5.56 Å². The highest BCUT2D eigenvalue weighted by molar-refractivity contribution is 6.29. The quantitative estimate of drug-likeness (QED) is 0.656. The summed E-state index contributed by atoms with van der Waals surface area (Å²) in [5.41, 5.74) is 2.91. The van der Waals surface area contributed by atoms with Crippen LogP contribution >= 0.6 is 11.6 Å². The maximum Gasteiger partial charge on any atom is 0.131 e. The SMILES string of the molecule is COc1ccc(-c2cc3cccc(Cl)n3n2)cc1. The van der Waals surface area contributed by atoms with Gasteiger partial charge in [-0.05, 0) is 42.5 Å². The number of nitrogens with zero attached hydrogens (tertiary/aromatic N) is 2. The molecule has 0 unspecified atom stereocenters. The number of benzene rings is 1. The summed E-state index contributed by atoms with van der Waals surface area (Å²) in [5.74, 6) is 0.834. The molecule has 4 heteroatoms. The van der Waals surface area contributed by atoms with Gasteiger partial charge < -0.3 is 4.74 Å². The second kappa shape index (κ2) is 4.35. The van der Waals surface area contributed by atoms with Crippen LogP contribution in [0.3, 0.4) is 0 Å². The predicted octanol–water partition coefficient (Wildman–Crippen LogP) is 3.66. The largest absolute Gasteiger partial charge is 0.497 e. The number of hydrogen-bond donors (Lipinski definition) is 0. The van der Waals surface area contributed by atoms with Crippen LogP contribution in [0.1, 0.15) is 0 Å². The fourth-order valence-corrected chi connectivity index (χ4v) is 2.09. The summed E-state index contributed by atoms with van der Waals surface area (Å²) in [7, 11) is 1.65. The molecular weight excluding hydrogens is 248 g/mol. The zero-order valence-corrected chi connectivity index (χ0v) is 10.6. The van der Waals surface area contributed by atoms with Gasteiger partial charge in [0.2, 0.25) is 0 Å². The Hall–Kier alpha value is -2.00. The molecule has 3 nitrogen and oxygen atoms in total. The molecule has 3 rings (SSSR count). The van der Waals surface area contributed by atoms with Crippen LogP contribution in [-0.4, -0.2) is 16.7 Å². The number of hydrogen-bond acceptors (Lipinski definition) is 2. The van der Waals surface area contributed by atoms with Gasteiger partial charge in [-0.3, -0.25) is 0 Å². The van der Waals surface area contributed by atoms with Crippen molar-refractivity contribution in [1.29, 1.82) is 0 Å². The van der Waals surface area contributed by atoms with Crippen molar-refractivity contribution < 1.29 is 4.74 Å². The summed E-state index contributed by atoms with van der Waals surface area (Å²) in [6.07, 6.45) is 0. The number of halogens is 1. The van der Waals surface area contributed by atoms with E-state index >= 15 is 0 Å². The maximum atomic E-state index is 6.09. The number of ether oxygens (including phenoxy) is 1. The van der Waals surface area contributed by atoms with E-state index in [0.717, 1.165) is 22.5 Å². The van der Waals surface area contributed by atoms with Crippen LogP contribution in [0.15, 0.2) is 48.5 Å². The van der Waals surface area contributed by atoms with Crippen LogP contribution in [-0.2, 0) is 0 Å². The van der Waals surface area contributed by atoms with Crippen molar-refractivity contribution in [3.8, 4) is 17.0 Å². The van der Waals surface area contributed by atoms with Crippen LogP contribution in [0.25, 0.3) is 16.8 Å². The molecule has 0 saturated heterocycles. The first-order chi connectivity index (χ1) is 8.78. The second-order valence-corrected chi connectivity index (χ2v) is 4.33. The van der Waals surface area contributed by atoms with E-state index in [1.54, 1.807) is 11.6 Å². The third-order valence-corrected chi connectivity index (χ3v) is 3.11. The first kappa shape index (κ1) is 11.1. The molecule has 0 fully saturated rings. The third kappa shape index (κ3) is 1.83. The molecule has 90 valence electrons. The van der Waals surface area contributed by atoms with E-state index in [0.29, 0.717) is 5.15 Å². The molecule has 0 atom stereocenters. The Morgan fingerprint density at radius 3 is 2.56 bits per heavy atom. The van der Waals surface area contributed by atoms with Crippen molar-refractivity contribution in [2.75, 3.05) is 7.11 Å². The first-order valence-electron chi connectivity index (χ1n) is 5.56. The van der Waals surface area contributed by atoms with Crippen LogP contribution in [0, 0.1) is 0 Å². The van der Waals surface area contributed by atoms with E-state index in [2.05, 4.69) is 5.10 Å². The number of rotatable bonds is 2. The number of pyridine rings is 1. The van der Waals surface area contributed by atoms with Gasteiger partial charge in [-0.1, -0.05) is 17.7 Å². The Labute approximate surface area is 110 Å². The lowest BCUT2D eigenvalue weighted by Gasteiger charge is -2.00. The minimum Gasteiger partial charge on any atom is -0.497 e. The Kier molecular flexibility index (Phi) is 2.68. The van der Waals surface area contributed by atoms with Crippen molar-refractivity contribution in [3.63, 3.8) is 0 Å². The lowest BCUT2D eigenvalue weighted by Crippen LogP contribution is -1.88. The van der Waals surface area contributed by atoms with E-state index in [4.69, 9.17) is 16.3 Å². The van der Waals surface area contributed by atoms with Crippen molar-refractivity contribution in [1.82, 2.24) is 9.61 Å². The normalized spacial score (nSPS) is 10.8. The van der Waals surface area contributed by atoms with Gasteiger partial charge in [-0.2, -0.15) is 5.10 Å². The molecule has 2 aromatic heterocycles. The summed E-state index contributed by atoms with van der Waals surface area (Å²) in [4.78, 5) is 0. The van der Waals surface area contributed by atoms with Gasteiger partial charge >= 0.3 is 0 Å². The average molecular weight is 259 g/mol. The fraction of sp³-hybridized carbons (Fsp3) is 0.0714. The maximum absolute atomic E-state index is 6.09. The molecule has 0 aliphatic heterocycles. The van der Waals surface area contributed by atoms with Crippen molar-refractivity contribution in [2.24, 2.45) is 0 Å². The predicted molar refractivity (Wildman–Crippen MR) is 72.2 cm³/mol. The van der Waals surface area contributed by atoms with Crippen LogP contribution in [0.2, 0.25) is 5.15 Å². The Morgan fingerprint density at radius 2 is 1.89 bits per heavy atom. The van der Waals surface area contributed by atoms with Gasteiger partial charge in [0.05, 0.1) is 18.3 Å². The van der Waals surface area contributed by atoms with Gasteiger partial charge in [-0.15, -0.1) is 0 Å². The topological polar surface area (TPSA) is 26.5 Å².